The van der Waals surface area contributed by atoms with Crippen LogP contribution in [0.5, 0.6) is 11.5 Å². The average Bonchev–Trinajstić information content (AvgIpc) is 3.23. The molecule has 0 spiro atoms. The van der Waals surface area contributed by atoms with E-state index >= 15 is 0 Å². The fourth-order valence-electron chi connectivity index (χ4n) is 2.89. The van der Waals surface area contributed by atoms with Gasteiger partial charge in [0.05, 0.1) is 29.7 Å². The van der Waals surface area contributed by atoms with Crippen LogP contribution in [0.4, 0.5) is 5.69 Å². The lowest BCUT2D eigenvalue weighted by Gasteiger charge is -2.18. The Morgan fingerprint density at radius 2 is 1.90 bits per heavy atom. The lowest BCUT2D eigenvalue weighted by Crippen LogP contribution is -2.33. The third kappa shape index (κ3) is 4.24. The van der Waals surface area contributed by atoms with E-state index in [1.807, 2.05) is 24.3 Å². The van der Waals surface area contributed by atoms with Crippen molar-refractivity contribution in [2.45, 2.75) is 0 Å². The number of ether oxygens (including phenoxy) is 2. The highest BCUT2D eigenvalue weighted by molar-refractivity contribution is 9.10. The van der Waals surface area contributed by atoms with Crippen LogP contribution < -0.4 is 20.1 Å². The number of rotatable bonds is 5. The van der Waals surface area contributed by atoms with Crippen LogP contribution in [0.15, 0.2) is 53.1 Å². The van der Waals surface area contributed by atoms with Crippen LogP contribution in [0, 0.1) is 0 Å². The predicted octanol–water partition coefficient (Wildman–Crippen LogP) is 2.98. The van der Waals surface area contributed by atoms with Gasteiger partial charge < -0.3 is 20.1 Å². The highest BCUT2D eigenvalue weighted by atomic mass is 79.9. The van der Waals surface area contributed by atoms with Gasteiger partial charge in [-0.2, -0.15) is 5.10 Å². The zero-order valence-corrected chi connectivity index (χ0v) is 16.8. The van der Waals surface area contributed by atoms with Crippen molar-refractivity contribution in [3.05, 3.63) is 58.7 Å². The first kappa shape index (κ1) is 19.0. The number of amides is 2. The molecule has 2 aromatic carbocycles. The van der Waals surface area contributed by atoms with Gasteiger partial charge in [-0.15, -0.1) is 0 Å². The topological polar surface area (TPSA) is 105 Å². The number of aromatic nitrogens is 2. The number of anilines is 1. The number of aromatic amines is 1. The van der Waals surface area contributed by atoms with Crippen molar-refractivity contribution >= 4 is 33.4 Å². The third-order valence-corrected chi connectivity index (χ3v) is 4.96. The molecule has 0 unspecified atom stereocenters. The number of H-pyrrole nitrogens is 1. The molecule has 148 valence electrons. The predicted molar refractivity (Wildman–Crippen MR) is 110 cm³/mol. The fraction of sp³-hybridized carbons (Fsp3) is 0.150. The maximum atomic E-state index is 12.6. The largest absolute Gasteiger partial charge is 0.486 e. The van der Waals surface area contributed by atoms with E-state index in [9.17, 15) is 9.59 Å². The molecule has 1 aromatic heterocycles. The Bertz CT molecular complexity index is 1070. The lowest BCUT2D eigenvalue weighted by atomic mass is 10.1. The lowest BCUT2D eigenvalue weighted by molar-refractivity contribution is -0.115. The minimum absolute atomic E-state index is 0.175. The van der Waals surface area contributed by atoms with E-state index in [1.165, 1.54) is 6.20 Å². The summed E-state index contributed by atoms with van der Waals surface area (Å²) >= 11 is 3.36. The fourth-order valence-corrected chi connectivity index (χ4v) is 3.27. The first-order chi connectivity index (χ1) is 14.1. The van der Waals surface area contributed by atoms with Crippen LogP contribution in [0.2, 0.25) is 0 Å². The number of hydrogen-bond donors (Lipinski definition) is 3. The summed E-state index contributed by atoms with van der Waals surface area (Å²) in [6.07, 6.45) is 1.42. The number of nitrogens with one attached hydrogen (secondary N) is 3. The Morgan fingerprint density at radius 3 is 2.72 bits per heavy atom. The Kier molecular flexibility index (Phi) is 5.48. The third-order valence-electron chi connectivity index (χ3n) is 4.27. The Balaban J connectivity index is 1.43. The second kappa shape index (κ2) is 8.36. The van der Waals surface area contributed by atoms with Gasteiger partial charge in [0, 0.05) is 10.0 Å². The minimum atomic E-state index is -0.411. The number of halogens is 1. The molecule has 1 aliphatic heterocycles. The molecule has 9 heteroatoms. The molecule has 1 aliphatic rings. The highest BCUT2D eigenvalue weighted by Crippen LogP contribution is 2.34. The van der Waals surface area contributed by atoms with Crippen molar-refractivity contribution in [3.8, 4) is 22.8 Å². The van der Waals surface area contributed by atoms with Gasteiger partial charge in [-0.05, 0) is 46.3 Å². The number of fused-ring (bicyclic) bond motifs is 1. The van der Waals surface area contributed by atoms with Gasteiger partial charge in [-0.1, -0.05) is 12.1 Å². The average molecular weight is 457 g/mol. The van der Waals surface area contributed by atoms with Crippen LogP contribution in [-0.2, 0) is 4.79 Å². The summed E-state index contributed by atoms with van der Waals surface area (Å²) in [5.74, 6) is 0.525. The summed E-state index contributed by atoms with van der Waals surface area (Å²) in [6.45, 7) is 0.803. The molecule has 0 fully saturated rings. The molecule has 2 heterocycles. The summed E-state index contributed by atoms with van der Waals surface area (Å²) in [7, 11) is 0. The number of carbonyl (C=O) groups excluding carboxylic acids is 2. The van der Waals surface area contributed by atoms with Crippen molar-refractivity contribution < 1.29 is 19.1 Å². The summed E-state index contributed by atoms with van der Waals surface area (Å²) in [4.78, 5) is 24.7. The summed E-state index contributed by atoms with van der Waals surface area (Å²) in [5, 5.41) is 12.2. The smallest absolute Gasteiger partial charge is 0.255 e. The summed E-state index contributed by atoms with van der Waals surface area (Å²) in [6, 6.07) is 12.6. The number of carbonyl (C=O) groups is 2. The molecule has 29 heavy (non-hydrogen) atoms. The summed E-state index contributed by atoms with van der Waals surface area (Å²) in [5.41, 5.74) is 2.22. The molecule has 2 amide bonds. The Morgan fingerprint density at radius 1 is 1.10 bits per heavy atom. The number of benzene rings is 2. The van der Waals surface area contributed by atoms with Crippen molar-refractivity contribution in [2.24, 2.45) is 0 Å². The number of hydrogen-bond acceptors (Lipinski definition) is 5. The second-order valence-corrected chi connectivity index (χ2v) is 7.08. The van der Waals surface area contributed by atoms with Gasteiger partial charge >= 0.3 is 0 Å². The highest BCUT2D eigenvalue weighted by Gasteiger charge is 2.19. The molecule has 4 rings (SSSR count). The molecule has 3 aromatic rings. The quantitative estimate of drug-likeness (QED) is 0.547. The van der Waals surface area contributed by atoms with Crippen LogP contribution in [0.25, 0.3) is 11.3 Å². The van der Waals surface area contributed by atoms with E-state index in [1.54, 1.807) is 18.2 Å². The van der Waals surface area contributed by atoms with E-state index in [0.717, 1.165) is 10.0 Å². The molecule has 3 N–H and O–H groups in total. The Labute approximate surface area is 174 Å². The zero-order chi connectivity index (χ0) is 20.2. The summed E-state index contributed by atoms with van der Waals surface area (Å²) < 4.78 is 11.9. The molecule has 0 saturated heterocycles. The number of para-hydroxylation sites is 1. The molecule has 0 aliphatic carbocycles. The molecule has 0 bridgehead atoms. The van der Waals surface area contributed by atoms with E-state index in [-0.39, 0.29) is 12.5 Å². The van der Waals surface area contributed by atoms with E-state index in [0.29, 0.717) is 41.7 Å². The zero-order valence-electron chi connectivity index (χ0n) is 15.2. The van der Waals surface area contributed by atoms with Crippen molar-refractivity contribution in [1.82, 2.24) is 15.5 Å². The second-order valence-electron chi connectivity index (χ2n) is 6.23. The maximum Gasteiger partial charge on any atom is 0.255 e. The molecule has 8 nitrogen and oxygen atoms in total. The van der Waals surface area contributed by atoms with Gasteiger partial charge in [-0.25, -0.2) is 0 Å². The van der Waals surface area contributed by atoms with E-state index in [4.69, 9.17) is 9.47 Å². The molecule has 0 radical (unpaired) electrons. The molecular weight excluding hydrogens is 440 g/mol. The molecular formula is C20H17BrN4O4. The van der Waals surface area contributed by atoms with Gasteiger partial charge in [0.1, 0.15) is 13.2 Å². The Hall–Kier alpha value is -3.33. The van der Waals surface area contributed by atoms with Gasteiger partial charge in [0.2, 0.25) is 5.91 Å². The van der Waals surface area contributed by atoms with Gasteiger partial charge in [0.15, 0.2) is 11.5 Å². The van der Waals surface area contributed by atoms with Crippen LogP contribution in [0.3, 0.4) is 0 Å². The first-order valence-corrected chi connectivity index (χ1v) is 9.67. The van der Waals surface area contributed by atoms with Crippen molar-refractivity contribution in [2.75, 3.05) is 25.1 Å². The first-order valence-electron chi connectivity index (χ1n) is 8.88. The van der Waals surface area contributed by atoms with Gasteiger partial charge in [-0.3, -0.25) is 14.7 Å². The van der Waals surface area contributed by atoms with Crippen molar-refractivity contribution in [3.63, 3.8) is 0 Å². The monoisotopic (exact) mass is 456 g/mol. The van der Waals surface area contributed by atoms with Crippen LogP contribution in [0.1, 0.15) is 10.4 Å². The minimum Gasteiger partial charge on any atom is -0.486 e. The van der Waals surface area contributed by atoms with Crippen LogP contribution in [-0.4, -0.2) is 41.8 Å². The molecule has 0 atom stereocenters. The van der Waals surface area contributed by atoms with Crippen LogP contribution >= 0.6 is 15.9 Å². The van der Waals surface area contributed by atoms with Crippen molar-refractivity contribution in [1.29, 1.82) is 0 Å². The van der Waals surface area contributed by atoms with E-state index < -0.39 is 5.91 Å². The van der Waals surface area contributed by atoms with E-state index in [2.05, 4.69) is 36.8 Å². The normalized spacial score (nSPS) is 12.3. The van der Waals surface area contributed by atoms with Gasteiger partial charge in [0.25, 0.3) is 5.91 Å². The standard InChI is InChI=1S/C20H17BrN4O4/c21-14-3-1-2-4-15(14)24-18(26)11-22-20(27)13-10-23-25-19(13)12-5-6-16-17(9-12)29-8-7-28-16/h1-6,9-10H,7-8,11H2,(H,22,27)(H,23,25)(H,24,26). The maximum absolute atomic E-state index is 12.6. The SMILES string of the molecule is O=C(CNC(=O)c1cn[nH]c1-c1ccc2c(c1)OCCO2)Nc1ccccc1Br. The number of nitrogens with zero attached hydrogens (tertiary/aromatic N) is 1. The molecule has 0 saturated carbocycles.